The molecule has 0 atom stereocenters. The number of aromatic nitrogens is 1. The van der Waals surface area contributed by atoms with Crippen molar-refractivity contribution in [1.82, 2.24) is 9.88 Å². The van der Waals surface area contributed by atoms with Crippen LogP contribution in [0.1, 0.15) is 40.3 Å². The van der Waals surface area contributed by atoms with Crippen LogP contribution in [0.3, 0.4) is 0 Å². The Morgan fingerprint density at radius 1 is 1.03 bits per heavy atom. The van der Waals surface area contributed by atoms with Gasteiger partial charge in [-0.2, -0.15) is 0 Å². The molecule has 1 aromatic heterocycles. The van der Waals surface area contributed by atoms with Crippen LogP contribution in [0.4, 0.5) is 5.69 Å². The maximum atomic E-state index is 12.5. The topological polar surface area (TPSA) is 88.6 Å². The number of hydrogen-bond donors (Lipinski definition) is 1. The van der Waals surface area contributed by atoms with Gasteiger partial charge in [-0.3, -0.25) is 14.6 Å². The normalized spacial score (nSPS) is 10.6. The molecule has 2 aromatic carbocycles. The summed E-state index contributed by atoms with van der Waals surface area (Å²) in [4.78, 5) is 43.1. The zero-order chi connectivity index (χ0) is 23.3. The third kappa shape index (κ3) is 5.42. The van der Waals surface area contributed by atoms with Crippen LogP contribution in [0.5, 0.6) is 0 Å². The van der Waals surface area contributed by atoms with Crippen molar-refractivity contribution in [3.63, 3.8) is 0 Å². The standard InChI is InChI=1S/C24H24ClN3O4/c1-4-28(5-2)23(30)16-6-9-19(10-7-16)27-22(29)14-32-24(31)20-13-17-12-18(25)8-11-21(17)26-15(20)3/h6-13H,4-5,14H2,1-3H3,(H,27,29). The van der Waals surface area contributed by atoms with Gasteiger partial charge in [0.05, 0.1) is 16.8 Å². The molecule has 0 bridgehead atoms. The van der Waals surface area contributed by atoms with E-state index in [2.05, 4.69) is 10.3 Å². The maximum absolute atomic E-state index is 12.5. The summed E-state index contributed by atoms with van der Waals surface area (Å²) in [6, 6.07) is 13.4. The van der Waals surface area contributed by atoms with Gasteiger partial charge in [0.1, 0.15) is 0 Å². The van der Waals surface area contributed by atoms with Crippen LogP contribution in [-0.2, 0) is 9.53 Å². The van der Waals surface area contributed by atoms with Gasteiger partial charge in [-0.1, -0.05) is 11.6 Å². The number of nitrogens with one attached hydrogen (secondary N) is 1. The summed E-state index contributed by atoms with van der Waals surface area (Å²) >= 11 is 6.01. The average Bonchev–Trinajstić information content (AvgIpc) is 2.78. The molecule has 166 valence electrons. The van der Waals surface area contributed by atoms with Crippen LogP contribution in [0.15, 0.2) is 48.5 Å². The molecule has 2 amide bonds. The van der Waals surface area contributed by atoms with E-state index in [1.165, 1.54) is 0 Å². The van der Waals surface area contributed by atoms with Gasteiger partial charge in [0.2, 0.25) is 0 Å². The Hall–Kier alpha value is -3.45. The Kier molecular flexibility index (Phi) is 7.43. The van der Waals surface area contributed by atoms with Crippen molar-refractivity contribution in [2.24, 2.45) is 0 Å². The molecule has 8 heteroatoms. The highest BCUT2D eigenvalue weighted by molar-refractivity contribution is 6.31. The molecule has 7 nitrogen and oxygen atoms in total. The van der Waals surface area contributed by atoms with Crippen molar-refractivity contribution < 1.29 is 19.1 Å². The Balaban J connectivity index is 1.60. The molecule has 0 saturated carbocycles. The number of ether oxygens (including phenoxy) is 1. The average molecular weight is 454 g/mol. The number of pyridine rings is 1. The second-order valence-electron chi connectivity index (χ2n) is 7.14. The number of amides is 2. The molecule has 0 saturated heterocycles. The van der Waals surface area contributed by atoms with E-state index >= 15 is 0 Å². The monoisotopic (exact) mass is 453 g/mol. The number of hydrogen-bond acceptors (Lipinski definition) is 5. The molecule has 1 N–H and O–H groups in total. The van der Waals surface area contributed by atoms with Crippen molar-refractivity contribution in [2.75, 3.05) is 25.0 Å². The molecule has 0 aliphatic carbocycles. The van der Waals surface area contributed by atoms with E-state index < -0.39 is 18.5 Å². The number of aryl methyl sites for hydroxylation is 1. The highest BCUT2D eigenvalue weighted by Gasteiger charge is 2.16. The first-order chi connectivity index (χ1) is 15.3. The number of carbonyl (C=O) groups excluding carboxylic acids is 3. The molecular formula is C24H24ClN3O4. The van der Waals surface area contributed by atoms with E-state index in [1.54, 1.807) is 60.4 Å². The molecular weight excluding hydrogens is 430 g/mol. The summed E-state index contributed by atoms with van der Waals surface area (Å²) in [6.45, 7) is 6.33. The lowest BCUT2D eigenvalue weighted by Crippen LogP contribution is -2.30. The van der Waals surface area contributed by atoms with E-state index in [-0.39, 0.29) is 11.5 Å². The van der Waals surface area contributed by atoms with E-state index in [1.807, 2.05) is 13.8 Å². The second-order valence-corrected chi connectivity index (χ2v) is 7.57. The third-order valence-corrected chi connectivity index (χ3v) is 5.22. The second kappa shape index (κ2) is 10.2. The van der Waals surface area contributed by atoms with Gasteiger partial charge in [0.25, 0.3) is 11.8 Å². The zero-order valence-electron chi connectivity index (χ0n) is 18.1. The van der Waals surface area contributed by atoms with Crippen LogP contribution >= 0.6 is 11.6 Å². The fourth-order valence-electron chi connectivity index (χ4n) is 3.25. The summed E-state index contributed by atoms with van der Waals surface area (Å²) in [5, 5.41) is 3.89. The number of esters is 1. The summed E-state index contributed by atoms with van der Waals surface area (Å²) < 4.78 is 5.16. The fraction of sp³-hybridized carbons (Fsp3) is 0.250. The number of rotatable bonds is 7. The van der Waals surface area contributed by atoms with Crippen molar-refractivity contribution in [3.8, 4) is 0 Å². The largest absolute Gasteiger partial charge is 0.452 e. The quantitative estimate of drug-likeness (QED) is 0.533. The molecule has 0 aliphatic heterocycles. The van der Waals surface area contributed by atoms with E-state index in [9.17, 15) is 14.4 Å². The molecule has 3 aromatic rings. The first-order valence-electron chi connectivity index (χ1n) is 10.3. The van der Waals surface area contributed by atoms with Gasteiger partial charge in [0.15, 0.2) is 6.61 Å². The van der Waals surface area contributed by atoms with Gasteiger partial charge in [-0.25, -0.2) is 4.79 Å². The van der Waals surface area contributed by atoms with Crippen LogP contribution in [0.2, 0.25) is 5.02 Å². The smallest absolute Gasteiger partial charge is 0.340 e. The minimum Gasteiger partial charge on any atom is -0.452 e. The number of nitrogens with zero attached hydrogens (tertiary/aromatic N) is 2. The van der Waals surface area contributed by atoms with E-state index in [4.69, 9.17) is 16.3 Å². The minimum absolute atomic E-state index is 0.0672. The van der Waals surface area contributed by atoms with Gasteiger partial charge >= 0.3 is 5.97 Å². The van der Waals surface area contributed by atoms with Gasteiger partial charge < -0.3 is 15.0 Å². The van der Waals surface area contributed by atoms with Crippen molar-refractivity contribution >= 4 is 46.0 Å². The SMILES string of the molecule is CCN(CC)C(=O)c1ccc(NC(=O)COC(=O)c2cc3cc(Cl)ccc3nc2C)cc1. The predicted octanol–water partition coefficient (Wildman–Crippen LogP) is 4.47. The lowest BCUT2D eigenvalue weighted by Gasteiger charge is -2.18. The Morgan fingerprint density at radius 2 is 1.72 bits per heavy atom. The highest BCUT2D eigenvalue weighted by atomic mass is 35.5. The number of fused-ring (bicyclic) bond motifs is 1. The number of anilines is 1. The predicted molar refractivity (Wildman–Crippen MR) is 124 cm³/mol. The Labute approximate surface area is 191 Å². The van der Waals surface area contributed by atoms with Crippen molar-refractivity contribution in [2.45, 2.75) is 20.8 Å². The summed E-state index contributed by atoms with van der Waals surface area (Å²) in [6.07, 6.45) is 0. The number of benzene rings is 2. The fourth-order valence-corrected chi connectivity index (χ4v) is 3.43. The molecule has 1 heterocycles. The van der Waals surface area contributed by atoms with Gasteiger partial charge in [-0.05, 0) is 69.3 Å². The van der Waals surface area contributed by atoms with Gasteiger partial charge in [-0.15, -0.1) is 0 Å². The first-order valence-corrected chi connectivity index (χ1v) is 10.6. The molecule has 0 radical (unpaired) electrons. The lowest BCUT2D eigenvalue weighted by molar-refractivity contribution is -0.119. The Morgan fingerprint density at radius 3 is 2.38 bits per heavy atom. The highest BCUT2D eigenvalue weighted by Crippen LogP contribution is 2.21. The van der Waals surface area contributed by atoms with Crippen molar-refractivity contribution in [3.05, 3.63) is 70.4 Å². The van der Waals surface area contributed by atoms with E-state index in [0.29, 0.717) is 46.0 Å². The molecule has 3 rings (SSSR count). The van der Waals surface area contributed by atoms with Gasteiger partial charge in [0, 0.05) is 34.7 Å². The van der Waals surface area contributed by atoms with E-state index in [0.717, 1.165) is 0 Å². The van der Waals surface area contributed by atoms with Crippen LogP contribution in [0.25, 0.3) is 10.9 Å². The summed E-state index contributed by atoms with van der Waals surface area (Å²) in [5.41, 5.74) is 2.52. The molecule has 0 fully saturated rings. The number of halogens is 1. The minimum atomic E-state index is -0.646. The van der Waals surface area contributed by atoms with Crippen LogP contribution in [0, 0.1) is 6.92 Å². The van der Waals surface area contributed by atoms with Crippen LogP contribution < -0.4 is 5.32 Å². The third-order valence-electron chi connectivity index (χ3n) is 4.99. The number of carbonyl (C=O) groups is 3. The van der Waals surface area contributed by atoms with Crippen molar-refractivity contribution in [1.29, 1.82) is 0 Å². The first kappa shape index (κ1) is 23.2. The zero-order valence-corrected chi connectivity index (χ0v) is 18.9. The molecule has 0 unspecified atom stereocenters. The summed E-state index contributed by atoms with van der Waals surface area (Å²) in [7, 11) is 0. The molecule has 0 aliphatic rings. The molecule has 32 heavy (non-hydrogen) atoms. The molecule has 0 spiro atoms. The maximum Gasteiger partial charge on any atom is 0.340 e. The Bertz CT molecular complexity index is 1160. The van der Waals surface area contributed by atoms with Crippen LogP contribution in [-0.4, -0.2) is 47.4 Å². The summed E-state index contributed by atoms with van der Waals surface area (Å²) in [5.74, 6) is -1.20. The lowest BCUT2D eigenvalue weighted by atomic mass is 10.1.